The lowest BCUT2D eigenvalue weighted by atomic mass is 10.0. The molecule has 0 spiro atoms. The van der Waals surface area contributed by atoms with E-state index in [1.54, 1.807) is 18.2 Å². The van der Waals surface area contributed by atoms with Crippen LogP contribution in [0.25, 0.3) is 0 Å². The lowest BCUT2D eigenvalue weighted by Crippen LogP contribution is -2.13. The van der Waals surface area contributed by atoms with Crippen LogP contribution in [0.1, 0.15) is 24.8 Å². The fraction of sp³-hybridized carbons (Fsp3) is 0.571. The number of ether oxygens (including phenoxy) is 2. The Balaban J connectivity index is 2.51. The van der Waals surface area contributed by atoms with Crippen molar-refractivity contribution >= 4 is 0 Å². The summed E-state index contributed by atoms with van der Waals surface area (Å²) in [6, 6.07) is 5.18. The van der Waals surface area contributed by atoms with Crippen molar-refractivity contribution in [3.63, 3.8) is 0 Å². The molecule has 0 saturated heterocycles. The highest BCUT2D eigenvalue weighted by molar-refractivity contribution is 5.43. The monoisotopic (exact) mass is 292 g/mol. The first-order chi connectivity index (χ1) is 9.35. The van der Waals surface area contributed by atoms with Crippen molar-refractivity contribution in [3.05, 3.63) is 23.8 Å². The van der Waals surface area contributed by atoms with Crippen molar-refractivity contribution in [2.45, 2.75) is 38.0 Å². The highest BCUT2D eigenvalue weighted by Crippen LogP contribution is 2.28. The third-order valence-electron chi connectivity index (χ3n) is 2.92. The molecule has 6 heteroatoms. The van der Waals surface area contributed by atoms with E-state index in [4.69, 9.17) is 9.47 Å². The summed E-state index contributed by atoms with van der Waals surface area (Å²) in [5.41, 5.74) is 0.794. The number of rotatable bonds is 7. The molecule has 1 aromatic carbocycles. The van der Waals surface area contributed by atoms with Gasteiger partial charge in [-0.1, -0.05) is 6.07 Å². The van der Waals surface area contributed by atoms with Gasteiger partial charge in [0.05, 0.1) is 20.3 Å². The van der Waals surface area contributed by atoms with Crippen molar-refractivity contribution in [3.8, 4) is 11.5 Å². The zero-order chi connectivity index (χ0) is 15.2. The van der Waals surface area contributed by atoms with Gasteiger partial charge in [0, 0.05) is 6.42 Å². The summed E-state index contributed by atoms with van der Waals surface area (Å²) in [5.74, 6) is 1.11. The van der Waals surface area contributed by atoms with E-state index in [9.17, 15) is 18.3 Å². The average molecular weight is 292 g/mol. The quantitative estimate of drug-likeness (QED) is 0.837. The first kappa shape index (κ1) is 16.6. The molecule has 3 nitrogen and oxygen atoms in total. The van der Waals surface area contributed by atoms with Crippen LogP contribution in [0.5, 0.6) is 11.5 Å². The molecular weight excluding hydrogens is 273 g/mol. The third-order valence-corrected chi connectivity index (χ3v) is 2.92. The molecule has 0 radical (unpaired) electrons. The van der Waals surface area contributed by atoms with Gasteiger partial charge in [0.15, 0.2) is 11.5 Å². The highest BCUT2D eigenvalue weighted by atomic mass is 19.4. The summed E-state index contributed by atoms with van der Waals surface area (Å²) >= 11 is 0. The number of aliphatic hydroxyl groups excluding tert-OH is 1. The van der Waals surface area contributed by atoms with E-state index in [1.165, 1.54) is 14.2 Å². The second-order valence-corrected chi connectivity index (χ2v) is 4.55. The van der Waals surface area contributed by atoms with E-state index in [2.05, 4.69) is 0 Å². The van der Waals surface area contributed by atoms with Crippen LogP contribution in [-0.2, 0) is 6.42 Å². The SMILES string of the molecule is COc1ccc(CC(O)CCCC(F)(F)F)cc1OC. The van der Waals surface area contributed by atoms with Gasteiger partial charge in [0.2, 0.25) is 0 Å². The van der Waals surface area contributed by atoms with E-state index >= 15 is 0 Å². The highest BCUT2D eigenvalue weighted by Gasteiger charge is 2.26. The standard InChI is InChI=1S/C14H19F3O3/c1-19-12-6-5-10(9-13(12)20-2)8-11(18)4-3-7-14(15,16)17/h5-6,9,11,18H,3-4,7-8H2,1-2H3. The van der Waals surface area contributed by atoms with E-state index in [0.717, 1.165) is 5.56 Å². The first-order valence-electron chi connectivity index (χ1n) is 6.31. The number of hydrogen-bond donors (Lipinski definition) is 1. The molecule has 1 aromatic rings. The topological polar surface area (TPSA) is 38.7 Å². The smallest absolute Gasteiger partial charge is 0.389 e. The maximum Gasteiger partial charge on any atom is 0.389 e. The Morgan fingerprint density at radius 1 is 1.15 bits per heavy atom. The number of alkyl halides is 3. The number of halogens is 3. The van der Waals surface area contributed by atoms with E-state index in [1.807, 2.05) is 0 Å². The predicted octanol–water partition coefficient (Wildman–Crippen LogP) is 3.34. The molecule has 20 heavy (non-hydrogen) atoms. The normalized spacial score (nSPS) is 13.1. The van der Waals surface area contributed by atoms with Gasteiger partial charge >= 0.3 is 6.18 Å². The Labute approximate surface area is 116 Å². The predicted molar refractivity (Wildman–Crippen MR) is 69.2 cm³/mol. The summed E-state index contributed by atoms with van der Waals surface area (Å²) in [6.07, 6.45) is -5.49. The molecule has 0 aliphatic heterocycles. The molecule has 0 heterocycles. The fourth-order valence-corrected chi connectivity index (χ4v) is 1.92. The Hall–Kier alpha value is -1.43. The second kappa shape index (κ2) is 7.38. The number of aliphatic hydroxyl groups is 1. The molecule has 1 atom stereocenters. The zero-order valence-electron chi connectivity index (χ0n) is 11.5. The lowest BCUT2D eigenvalue weighted by molar-refractivity contribution is -0.136. The fourth-order valence-electron chi connectivity index (χ4n) is 1.92. The molecule has 0 bridgehead atoms. The van der Waals surface area contributed by atoms with Gasteiger partial charge in [-0.3, -0.25) is 0 Å². The number of benzene rings is 1. The molecule has 0 aliphatic carbocycles. The van der Waals surface area contributed by atoms with Gasteiger partial charge < -0.3 is 14.6 Å². The molecule has 1 rings (SSSR count). The Kier molecular flexibility index (Phi) is 6.13. The molecule has 0 amide bonds. The molecular formula is C14H19F3O3. The molecule has 1 N–H and O–H groups in total. The van der Waals surface area contributed by atoms with Crippen LogP contribution in [-0.4, -0.2) is 31.6 Å². The minimum atomic E-state index is -4.16. The third kappa shape index (κ3) is 5.69. The van der Waals surface area contributed by atoms with E-state index < -0.39 is 18.7 Å². The maximum absolute atomic E-state index is 12.0. The maximum atomic E-state index is 12.0. The number of hydrogen-bond acceptors (Lipinski definition) is 3. The summed E-state index contributed by atoms with van der Waals surface area (Å²) in [4.78, 5) is 0. The van der Waals surface area contributed by atoms with Crippen LogP contribution in [0.3, 0.4) is 0 Å². The van der Waals surface area contributed by atoms with Crippen molar-refractivity contribution in [2.24, 2.45) is 0 Å². The van der Waals surface area contributed by atoms with Crippen molar-refractivity contribution in [1.29, 1.82) is 0 Å². The van der Waals surface area contributed by atoms with Crippen LogP contribution in [0, 0.1) is 0 Å². The molecule has 0 saturated carbocycles. The van der Waals surface area contributed by atoms with Crippen LogP contribution in [0.2, 0.25) is 0 Å². The zero-order valence-corrected chi connectivity index (χ0v) is 11.5. The first-order valence-corrected chi connectivity index (χ1v) is 6.31. The molecule has 114 valence electrons. The van der Waals surface area contributed by atoms with Crippen LogP contribution >= 0.6 is 0 Å². The van der Waals surface area contributed by atoms with Gasteiger partial charge in [-0.2, -0.15) is 13.2 Å². The van der Waals surface area contributed by atoms with Gasteiger partial charge in [-0.15, -0.1) is 0 Å². The lowest BCUT2D eigenvalue weighted by Gasteiger charge is -2.13. The van der Waals surface area contributed by atoms with Crippen molar-refractivity contribution < 1.29 is 27.8 Å². The van der Waals surface area contributed by atoms with Crippen molar-refractivity contribution in [1.82, 2.24) is 0 Å². The Morgan fingerprint density at radius 2 is 1.80 bits per heavy atom. The largest absolute Gasteiger partial charge is 0.493 e. The average Bonchev–Trinajstić information content (AvgIpc) is 2.37. The van der Waals surface area contributed by atoms with Gasteiger partial charge in [0.25, 0.3) is 0 Å². The Bertz CT molecular complexity index is 419. The summed E-state index contributed by atoms with van der Waals surface area (Å²) in [7, 11) is 3.02. The minimum absolute atomic E-state index is 0.0715. The van der Waals surface area contributed by atoms with Crippen LogP contribution < -0.4 is 9.47 Å². The second-order valence-electron chi connectivity index (χ2n) is 4.55. The Morgan fingerprint density at radius 3 is 2.35 bits per heavy atom. The number of methoxy groups -OCH3 is 2. The van der Waals surface area contributed by atoms with Gasteiger partial charge in [-0.05, 0) is 37.0 Å². The van der Waals surface area contributed by atoms with Gasteiger partial charge in [0.1, 0.15) is 0 Å². The summed E-state index contributed by atoms with van der Waals surface area (Å²) in [6.45, 7) is 0. The van der Waals surface area contributed by atoms with Crippen LogP contribution in [0.15, 0.2) is 18.2 Å². The van der Waals surface area contributed by atoms with Crippen LogP contribution in [0.4, 0.5) is 13.2 Å². The molecule has 0 fully saturated rings. The van der Waals surface area contributed by atoms with E-state index in [0.29, 0.717) is 11.5 Å². The minimum Gasteiger partial charge on any atom is -0.493 e. The van der Waals surface area contributed by atoms with Gasteiger partial charge in [-0.25, -0.2) is 0 Å². The molecule has 1 unspecified atom stereocenters. The molecule has 0 aromatic heterocycles. The van der Waals surface area contributed by atoms with Crippen molar-refractivity contribution in [2.75, 3.05) is 14.2 Å². The molecule has 0 aliphatic rings. The summed E-state index contributed by atoms with van der Waals surface area (Å²) < 4.78 is 46.2. The summed E-state index contributed by atoms with van der Waals surface area (Å²) in [5, 5.41) is 9.75. The van der Waals surface area contributed by atoms with E-state index in [-0.39, 0.29) is 19.3 Å².